The van der Waals surface area contributed by atoms with E-state index in [4.69, 9.17) is 23.2 Å². The fourth-order valence-corrected chi connectivity index (χ4v) is 1.99. The molecule has 0 unspecified atom stereocenters. The number of halogens is 2. The highest BCUT2D eigenvalue weighted by atomic mass is 35.5. The molecule has 0 aliphatic heterocycles. The zero-order valence-corrected chi connectivity index (χ0v) is 8.44. The normalized spacial score (nSPS) is 19.6. The summed E-state index contributed by atoms with van der Waals surface area (Å²) >= 11 is 11.5. The summed E-state index contributed by atoms with van der Waals surface area (Å²) in [5.74, 6) is 0. The topological polar surface area (TPSA) is 33.1 Å². The Balaban J connectivity index is 2.39. The molecule has 1 aromatic heterocycles. The Kier molecular flexibility index (Phi) is 2.22. The second kappa shape index (κ2) is 3.12. The number of hydrogen-bond donors (Lipinski definition) is 1. The van der Waals surface area contributed by atoms with E-state index in [9.17, 15) is 5.11 Å². The summed E-state index contributed by atoms with van der Waals surface area (Å²) in [7, 11) is 0. The molecule has 70 valence electrons. The van der Waals surface area contributed by atoms with Crippen molar-refractivity contribution in [3.8, 4) is 0 Å². The van der Waals surface area contributed by atoms with Crippen molar-refractivity contribution in [1.29, 1.82) is 0 Å². The van der Waals surface area contributed by atoms with Crippen molar-refractivity contribution in [2.75, 3.05) is 0 Å². The average Bonchev–Trinajstić information content (AvgIpc) is 1.98. The predicted octanol–water partition coefficient (Wildman–Crippen LogP) is 2.76. The number of pyridine rings is 1. The third-order valence-electron chi connectivity index (χ3n) is 2.48. The number of rotatable bonds is 1. The van der Waals surface area contributed by atoms with Crippen LogP contribution in [0.3, 0.4) is 0 Å². The lowest BCUT2D eigenvalue weighted by Gasteiger charge is -2.37. The van der Waals surface area contributed by atoms with E-state index in [1.165, 1.54) is 0 Å². The molecule has 0 aromatic carbocycles. The highest BCUT2D eigenvalue weighted by Crippen LogP contribution is 2.41. The maximum atomic E-state index is 9.99. The third kappa shape index (κ3) is 1.66. The van der Waals surface area contributed by atoms with Crippen molar-refractivity contribution in [2.24, 2.45) is 0 Å². The van der Waals surface area contributed by atoms with E-state index in [1.807, 2.05) is 0 Å². The summed E-state index contributed by atoms with van der Waals surface area (Å²) < 4.78 is 0. The zero-order valence-electron chi connectivity index (χ0n) is 6.93. The molecule has 0 amide bonds. The van der Waals surface area contributed by atoms with Gasteiger partial charge >= 0.3 is 0 Å². The van der Waals surface area contributed by atoms with Gasteiger partial charge in [-0.25, -0.2) is 4.98 Å². The maximum absolute atomic E-state index is 9.99. The van der Waals surface area contributed by atoms with E-state index in [1.54, 1.807) is 12.1 Å². The lowest BCUT2D eigenvalue weighted by molar-refractivity contribution is -0.0388. The van der Waals surface area contributed by atoms with Crippen molar-refractivity contribution in [3.63, 3.8) is 0 Å². The summed E-state index contributed by atoms with van der Waals surface area (Å²) in [6.45, 7) is 0. The molecule has 1 heterocycles. The Hall–Kier alpha value is -0.310. The summed E-state index contributed by atoms with van der Waals surface area (Å²) in [5, 5.41) is 10.7. The first-order chi connectivity index (χ1) is 6.10. The van der Waals surface area contributed by atoms with Crippen LogP contribution in [0.25, 0.3) is 0 Å². The molecule has 1 aliphatic carbocycles. The van der Waals surface area contributed by atoms with Crippen LogP contribution in [0, 0.1) is 0 Å². The van der Waals surface area contributed by atoms with Crippen LogP contribution < -0.4 is 0 Å². The molecule has 13 heavy (non-hydrogen) atoms. The smallest absolute Gasteiger partial charge is 0.131 e. The molecule has 0 saturated heterocycles. The van der Waals surface area contributed by atoms with Crippen LogP contribution in [0.15, 0.2) is 12.1 Å². The minimum atomic E-state index is -0.712. The Morgan fingerprint density at radius 1 is 1.23 bits per heavy atom. The SMILES string of the molecule is OC1(c2cc(Cl)nc(Cl)c2)CCC1. The number of nitrogens with zero attached hydrogens (tertiary/aromatic N) is 1. The van der Waals surface area contributed by atoms with Crippen LogP contribution in [0.5, 0.6) is 0 Å². The Morgan fingerprint density at radius 2 is 1.77 bits per heavy atom. The fraction of sp³-hybridized carbons (Fsp3) is 0.444. The van der Waals surface area contributed by atoms with Crippen molar-refractivity contribution in [2.45, 2.75) is 24.9 Å². The van der Waals surface area contributed by atoms with E-state index in [-0.39, 0.29) is 0 Å². The molecule has 0 radical (unpaired) electrons. The lowest BCUT2D eigenvalue weighted by atomic mass is 9.75. The Labute approximate surface area is 86.5 Å². The van der Waals surface area contributed by atoms with Crippen LogP contribution >= 0.6 is 23.2 Å². The third-order valence-corrected chi connectivity index (χ3v) is 2.87. The number of aliphatic hydroxyl groups is 1. The van der Waals surface area contributed by atoms with Crippen LogP contribution in [0.2, 0.25) is 10.3 Å². The number of aromatic nitrogens is 1. The van der Waals surface area contributed by atoms with Gasteiger partial charge in [0.2, 0.25) is 0 Å². The molecule has 0 atom stereocenters. The second-order valence-corrected chi connectivity index (χ2v) is 4.16. The van der Waals surface area contributed by atoms with Gasteiger partial charge in [0.25, 0.3) is 0 Å². The van der Waals surface area contributed by atoms with Gasteiger partial charge in [-0.2, -0.15) is 0 Å². The maximum Gasteiger partial charge on any atom is 0.131 e. The summed E-state index contributed by atoms with van der Waals surface area (Å²) in [6.07, 6.45) is 2.61. The second-order valence-electron chi connectivity index (χ2n) is 3.39. The van der Waals surface area contributed by atoms with Crippen molar-refractivity contribution >= 4 is 23.2 Å². The fourth-order valence-electron chi connectivity index (χ4n) is 1.53. The van der Waals surface area contributed by atoms with E-state index in [2.05, 4.69) is 4.98 Å². The monoisotopic (exact) mass is 217 g/mol. The molecule has 0 spiro atoms. The quantitative estimate of drug-likeness (QED) is 0.735. The van der Waals surface area contributed by atoms with Gasteiger partial charge in [-0.3, -0.25) is 0 Å². The summed E-state index contributed by atoms with van der Waals surface area (Å²) in [6, 6.07) is 3.35. The molecule has 1 aliphatic rings. The van der Waals surface area contributed by atoms with Crippen molar-refractivity contribution in [3.05, 3.63) is 28.0 Å². The Morgan fingerprint density at radius 3 is 2.15 bits per heavy atom. The van der Waals surface area contributed by atoms with Crippen molar-refractivity contribution in [1.82, 2.24) is 4.98 Å². The van der Waals surface area contributed by atoms with E-state index >= 15 is 0 Å². The van der Waals surface area contributed by atoms with Crippen LogP contribution in [-0.4, -0.2) is 10.1 Å². The molecular weight excluding hydrogens is 209 g/mol. The highest BCUT2D eigenvalue weighted by molar-refractivity contribution is 6.32. The van der Waals surface area contributed by atoms with Gasteiger partial charge in [0.1, 0.15) is 10.3 Å². The first-order valence-corrected chi connectivity index (χ1v) is 4.92. The zero-order chi connectivity index (χ0) is 9.47. The summed E-state index contributed by atoms with van der Waals surface area (Å²) in [5.41, 5.74) is 0.0692. The predicted molar refractivity (Wildman–Crippen MR) is 52.0 cm³/mol. The van der Waals surface area contributed by atoms with Gasteiger partial charge < -0.3 is 5.11 Å². The van der Waals surface area contributed by atoms with Gasteiger partial charge in [-0.05, 0) is 37.0 Å². The molecule has 1 aromatic rings. The molecule has 0 bridgehead atoms. The first-order valence-electron chi connectivity index (χ1n) is 4.16. The molecule has 2 nitrogen and oxygen atoms in total. The van der Waals surface area contributed by atoms with Gasteiger partial charge in [-0.15, -0.1) is 0 Å². The molecule has 1 fully saturated rings. The molecule has 1 saturated carbocycles. The average molecular weight is 218 g/mol. The largest absolute Gasteiger partial charge is 0.385 e. The van der Waals surface area contributed by atoms with E-state index in [0.29, 0.717) is 10.3 Å². The Bertz CT molecular complexity index is 316. The van der Waals surface area contributed by atoms with Crippen LogP contribution in [-0.2, 0) is 5.60 Å². The molecule has 2 rings (SSSR count). The summed E-state index contributed by atoms with van der Waals surface area (Å²) in [4.78, 5) is 3.83. The first kappa shape index (κ1) is 9.25. The van der Waals surface area contributed by atoms with Gasteiger partial charge in [-0.1, -0.05) is 23.2 Å². The highest BCUT2D eigenvalue weighted by Gasteiger charge is 2.36. The van der Waals surface area contributed by atoms with E-state index < -0.39 is 5.60 Å². The van der Waals surface area contributed by atoms with Crippen LogP contribution in [0.4, 0.5) is 0 Å². The number of hydrogen-bond acceptors (Lipinski definition) is 2. The van der Waals surface area contributed by atoms with Gasteiger partial charge in [0, 0.05) is 0 Å². The standard InChI is InChI=1S/C9H9Cl2NO/c10-7-4-6(5-8(11)12-7)9(13)2-1-3-9/h4-5,13H,1-3H2. The van der Waals surface area contributed by atoms with Gasteiger partial charge in [0.15, 0.2) is 0 Å². The minimum Gasteiger partial charge on any atom is -0.385 e. The van der Waals surface area contributed by atoms with Crippen LogP contribution in [0.1, 0.15) is 24.8 Å². The molecular formula is C9H9Cl2NO. The van der Waals surface area contributed by atoms with Crippen molar-refractivity contribution < 1.29 is 5.11 Å². The minimum absolute atomic E-state index is 0.336. The van der Waals surface area contributed by atoms with Gasteiger partial charge in [0.05, 0.1) is 5.60 Å². The lowest BCUT2D eigenvalue weighted by Crippen LogP contribution is -2.33. The molecule has 1 N–H and O–H groups in total. The molecule has 4 heteroatoms. The van der Waals surface area contributed by atoms with E-state index in [0.717, 1.165) is 24.8 Å².